The number of fused-ring (bicyclic) bond motifs is 1. The van der Waals surface area contributed by atoms with Crippen LogP contribution < -0.4 is 17.2 Å². The molecule has 48 heavy (non-hydrogen) atoms. The molecule has 16 nitrogen and oxygen atoms in total. The number of hydrogen-bond donors (Lipinski definition) is 5. The van der Waals surface area contributed by atoms with Crippen LogP contribution in [0.5, 0.6) is 0 Å². The van der Waals surface area contributed by atoms with Gasteiger partial charge in [-0.1, -0.05) is 31.2 Å². The fourth-order valence-corrected chi connectivity index (χ4v) is 5.38. The van der Waals surface area contributed by atoms with E-state index in [1.807, 2.05) is 0 Å². The van der Waals surface area contributed by atoms with Gasteiger partial charge >= 0.3 is 11.9 Å². The Morgan fingerprint density at radius 2 is 1.44 bits per heavy atom. The monoisotopic (exact) mass is 666 g/mol. The number of imide groups is 2. The number of likely N-dealkylation sites (N-methyl/N-ethyl adjacent to an activating group) is 1. The molecule has 2 unspecified atom stereocenters. The van der Waals surface area contributed by atoms with Gasteiger partial charge in [0.25, 0.3) is 23.6 Å². The SMILES string of the molecule is CCC(N)C(=O)C(CC[C@@H](C(=O)N(CC(=O)O)C(=O)c1cccc(CN)c1)N(C)C(=O)[C@@H](N)CC(=O)O)N1C(=O)c2ccccc2C1=O. The maximum Gasteiger partial charge on any atom is 0.323 e. The first-order valence-electron chi connectivity index (χ1n) is 15.0. The topological polar surface area (TPSA) is 265 Å². The average molecular weight is 667 g/mol. The molecule has 1 heterocycles. The molecule has 16 heteroatoms. The van der Waals surface area contributed by atoms with Gasteiger partial charge < -0.3 is 32.3 Å². The number of carbonyl (C=O) groups is 8. The zero-order chi connectivity index (χ0) is 35.9. The van der Waals surface area contributed by atoms with Crippen molar-refractivity contribution >= 4 is 47.3 Å². The van der Waals surface area contributed by atoms with Gasteiger partial charge in [-0.2, -0.15) is 0 Å². The number of aliphatic carboxylic acids is 2. The predicted molar refractivity (Wildman–Crippen MR) is 168 cm³/mol. The standard InChI is InChI=1S/C32H38N6O10/c1-3-21(34)27(43)23(38-29(45)19-9-4-5-10-20(19)30(38)46)11-12-24(36(2)31(47)22(35)14-25(39)40)32(48)37(16-26(41)42)28(44)18-8-6-7-17(13-18)15-33/h4-10,13,21-24H,3,11-12,14-16,33-35H2,1-2H3,(H,39,40)(H,41,42)/t21?,22-,23?,24-/m0/s1. The lowest BCUT2D eigenvalue weighted by Gasteiger charge is -2.34. The number of rotatable bonds is 16. The first kappa shape index (κ1) is 37.1. The summed E-state index contributed by atoms with van der Waals surface area (Å²) in [6.45, 7) is 0.508. The highest BCUT2D eigenvalue weighted by Gasteiger charge is 2.45. The van der Waals surface area contributed by atoms with Gasteiger partial charge in [0.1, 0.15) is 18.6 Å². The van der Waals surface area contributed by atoms with Crippen LogP contribution in [-0.4, -0.2) is 110 Å². The fraction of sp³-hybridized carbons (Fsp3) is 0.375. The lowest BCUT2D eigenvalue weighted by Crippen LogP contribution is -2.56. The van der Waals surface area contributed by atoms with Crippen molar-refractivity contribution in [3.05, 3.63) is 70.8 Å². The average Bonchev–Trinajstić information content (AvgIpc) is 3.32. The second-order valence-corrected chi connectivity index (χ2v) is 11.2. The summed E-state index contributed by atoms with van der Waals surface area (Å²) >= 11 is 0. The normalized spacial score (nSPS) is 14.8. The summed E-state index contributed by atoms with van der Waals surface area (Å²) in [6, 6.07) is 5.66. The Bertz CT molecular complexity index is 1590. The fourth-order valence-electron chi connectivity index (χ4n) is 5.38. The number of Topliss-reactive ketones (excluding diaryl/α,β-unsaturated/α-hetero) is 1. The smallest absolute Gasteiger partial charge is 0.323 e. The second kappa shape index (κ2) is 16.0. The van der Waals surface area contributed by atoms with Crippen molar-refractivity contribution in [2.24, 2.45) is 17.2 Å². The van der Waals surface area contributed by atoms with Crippen molar-refractivity contribution in [3.63, 3.8) is 0 Å². The number of benzene rings is 2. The first-order chi connectivity index (χ1) is 22.6. The van der Waals surface area contributed by atoms with Crippen molar-refractivity contribution in [2.45, 2.75) is 63.3 Å². The van der Waals surface area contributed by atoms with Crippen LogP contribution in [-0.2, 0) is 30.5 Å². The molecule has 0 saturated carbocycles. The molecular weight excluding hydrogens is 628 g/mol. The molecule has 3 rings (SSSR count). The van der Waals surface area contributed by atoms with E-state index in [0.717, 1.165) is 16.8 Å². The zero-order valence-electron chi connectivity index (χ0n) is 26.4. The van der Waals surface area contributed by atoms with Crippen molar-refractivity contribution in [3.8, 4) is 0 Å². The van der Waals surface area contributed by atoms with Gasteiger partial charge in [-0.15, -0.1) is 0 Å². The van der Waals surface area contributed by atoms with Gasteiger partial charge in [-0.05, 0) is 49.1 Å². The molecule has 0 aliphatic carbocycles. The number of amides is 5. The lowest BCUT2D eigenvalue weighted by atomic mass is 9.94. The quantitative estimate of drug-likeness (QED) is 0.143. The molecule has 0 spiro atoms. The molecule has 0 fully saturated rings. The molecule has 0 radical (unpaired) electrons. The maximum absolute atomic E-state index is 14.1. The predicted octanol–water partition coefficient (Wildman–Crippen LogP) is -0.421. The molecule has 1 aliphatic heterocycles. The summed E-state index contributed by atoms with van der Waals surface area (Å²) in [6.07, 6.45) is -1.65. The number of hydrogen-bond acceptors (Lipinski definition) is 11. The number of carboxylic acids is 2. The summed E-state index contributed by atoms with van der Waals surface area (Å²) in [7, 11) is 1.10. The van der Waals surface area contributed by atoms with Crippen LogP contribution in [0, 0.1) is 0 Å². The van der Waals surface area contributed by atoms with E-state index in [9.17, 15) is 48.6 Å². The van der Waals surface area contributed by atoms with E-state index < -0.39 is 97.2 Å². The highest BCUT2D eigenvalue weighted by Crippen LogP contribution is 2.28. The number of carbonyl (C=O) groups excluding carboxylic acids is 6. The zero-order valence-corrected chi connectivity index (χ0v) is 26.4. The molecule has 2 aromatic carbocycles. The van der Waals surface area contributed by atoms with Crippen LogP contribution in [0.15, 0.2) is 48.5 Å². The molecule has 1 aliphatic rings. The summed E-state index contributed by atoms with van der Waals surface area (Å²) in [5.74, 6) is -8.56. The molecule has 2 aromatic rings. The van der Waals surface area contributed by atoms with Crippen LogP contribution in [0.25, 0.3) is 0 Å². The van der Waals surface area contributed by atoms with Crippen LogP contribution >= 0.6 is 0 Å². The van der Waals surface area contributed by atoms with Crippen molar-refractivity contribution in [1.82, 2.24) is 14.7 Å². The van der Waals surface area contributed by atoms with Crippen molar-refractivity contribution in [1.29, 1.82) is 0 Å². The van der Waals surface area contributed by atoms with Crippen molar-refractivity contribution in [2.75, 3.05) is 13.6 Å². The Labute approximate surface area is 275 Å². The minimum atomic E-state index is -1.72. The number of carboxylic acid groups (broad SMARTS) is 2. The molecule has 8 N–H and O–H groups in total. The minimum Gasteiger partial charge on any atom is -0.481 e. The van der Waals surface area contributed by atoms with Gasteiger partial charge in [0.05, 0.1) is 29.6 Å². The van der Waals surface area contributed by atoms with Crippen LogP contribution in [0.3, 0.4) is 0 Å². The van der Waals surface area contributed by atoms with Gasteiger partial charge in [0.15, 0.2) is 5.78 Å². The molecule has 0 aromatic heterocycles. The molecule has 4 atom stereocenters. The summed E-state index contributed by atoms with van der Waals surface area (Å²) in [5, 5.41) is 18.8. The number of nitrogens with zero attached hydrogens (tertiary/aromatic N) is 3. The first-order valence-corrected chi connectivity index (χ1v) is 15.0. The van der Waals surface area contributed by atoms with Gasteiger partial charge in [0.2, 0.25) is 5.91 Å². The Morgan fingerprint density at radius 1 is 0.833 bits per heavy atom. The van der Waals surface area contributed by atoms with Crippen LogP contribution in [0.4, 0.5) is 0 Å². The van der Waals surface area contributed by atoms with Crippen LogP contribution in [0.1, 0.15) is 69.2 Å². The van der Waals surface area contributed by atoms with Crippen molar-refractivity contribution < 1.29 is 48.6 Å². The van der Waals surface area contributed by atoms with E-state index in [1.165, 1.54) is 42.5 Å². The Hall–Kier alpha value is -5.32. The molecule has 0 bridgehead atoms. The third-order valence-electron chi connectivity index (χ3n) is 8.01. The molecule has 5 amide bonds. The minimum absolute atomic E-state index is 0.0302. The summed E-state index contributed by atoms with van der Waals surface area (Å²) < 4.78 is 0. The Morgan fingerprint density at radius 3 is 1.96 bits per heavy atom. The Balaban J connectivity index is 2.08. The van der Waals surface area contributed by atoms with E-state index in [-0.39, 0.29) is 29.7 Å². The molecular formula is C32H38N6O10. The van der Waals surface area contributed by atoms with E-state index in [4.69, 9.17) is 17.2 Å². The number of ketones is 1. The lowest BCUT2D eigenvalue weighted by molar-refractivity contribution is -0.149. The van der Waals surface area contributed by atoms with E-state index in [0.29, 0.717) is 10.5 Å². The maximum atomic E-state index is 14.1. The third-order valence-corrected chi connectivity index (χ3v) is 8.01. The van der Waals surface area contributed by atoms with Gasteiger partial charge in [0, 0.05) is 19.2 Å². The third kappa shape index (κ3) is 8.14. The molecule has 0 saturated heterocycles. The Kier molecular flexibility index (Phi) is 12.4. The van der Waals surface area contributed by atoms with E-state index >= 15 is 0 Å². The molecule has 256 valence electrons. The summed E-state index contributed by atoms with van der Waals surface area (Å²) in [5.41, 5.74) is 18.0. The van der Waals surface area contributed by atoms with Gasteiger partial charge in [-0.3, -0.25) is 48.2 Å². The second-order valence-electron chi connectivity index (χ2n) is 11.2. The van der Waals surface area contributed by atoms with Gasteiger partial charge in [-0.25, -0.2) is 0 Å². The highest BCUT2D eigenvalue weighted by molar-refractivity contribution is 6.23. The largest absolute Gasteiger partial charge is 0.481 e. The summed E-state index contributed by atoms with van der Waals surface area (Å²) in [4.78, 5) is 106. The highest BCUT2D eigenvalue weighted by atomic mass is 16.4. The van der Waals surface area contributed by atoms with E-state index in [1.54, 1.807) is 13.0 Å². The van der Waals surface area contributed by atoms with E-state index in [2.05, 4.69) is 0 Å². The van der Waals surface area contributed by atoms with Crippen LogP contribution in [0.2, 0.25) is 0 Å². The number of nitrogens with two attached hydrogens (primary N) is 3.